The highest BCUT2D eigenvalue weighted by Crippen LogP contribution is 2.15. The second kappa shape index (κ2) is 7.57. The van der Waals surface area contributed by atoms with Crippen molar-refractivity contribution in [3.8, 4) is 0 Å². The average molecular weight is 288 g/mol. The fourth-order valence-electron chi connectivity index (χ4n) is 2.48. The van der Waals surface area contributed by atoms with Crippen molar-refractivity contribution in [1.82, 2.24) is 4.90 Å². The van der Waals surface area contributed by atoms with Crippen LogP contribution in [0.3, 0.4) is 0 Å². The Morgan fingerprint density at radius 1 is 1.14 bits per heavy atom. The molecular formula is C16H20N2O3. The molecule has 0 radical (unpaired) electrons. The zero-order chi connectivity index (χ0) is 15.1. The third-order valence-corrected chi connectivity index (χ3v) is 3.67. The van der Waals surface area contributed by atoms with E-state index < -0.39 is 4.92 Å². The Kier molecular flexibility index (Phi) is 5.49. The lowest BCUT2D eigenvalue weighted by Gasteiger charge is -2.23. The topological polar surface area (TPSA) is 63.4 Å². The molecule has 1 aliphatic rings. The summed E-state index contributed by atoms with van der Waals surface area (Å²) in [4.78, 5) is 24.3. The summed E-state index contributed by atoms with van der Waals surface area (Å²) in [6.07, 6.45) is 8.88. The molecule has 2 rings (SSSR count). The summed E-state index contributed by atoms with van der Waals surface area (Å²) in [5, 5.41) is 10.7. The van der Waals surface area contributed by atoms with Gasteiger partial charge in [-0.15, -0.1) is 0 Å². The maximum Gasteiger partial charge on any atom is 0.270 e. The molecule has 0 aromatic heterocycles. The molecule has 1 aliphatic heterocycles. The Morgan fingerprint density at radius 3 is 2.48 bits per heavy atom. The van der Waals surface area contributed by atoms with E-state index in [2.05, 4.69) is 0 Å². The molecule has 1 amide bonds. The normalized spacial score (nSPS) is 16.5. The molecular weight excluding hydrogens is 268 g/mol. The maximum absolute atomic E-state index is 12.2. The number of carbonyl (C=O) groups excluding carboxylic acids is 1. The van der Waals surface area contributed by atoms with Crippen LogP contribution in [0, 0.1) is 10.1 Å². The van der Waals surface area contributed by atoms with Crippen molar-refractivity contribution in [2.45, 2.75) is 32.1 Å². The first-order chi connectivity index (χ1) is 10.2. The molecule has 0 atom stereocenters. The minimum Gasteiger partial charge on any atom is -0.339 e. The fraction of sp³-hybridized carbons (Fsp3) is 0.438. The zero-order valence-corrected chi connectivity index (χ0v) is 12.0. The number of likely N-dealkylation sites (tertiary alicyclic amines) is 1. The first kappa shape index (κ1) is 15.2. The van der Waals surface area contributed by atoms with Gasteiger partial charge in [0, 0.05) is 31.3 Å². The van der Waals surface area contributed by atoms with Gasteiger partial charge in [0.2, 0.25) is 5.91 Å². The Morgan fingerprint density at radius 2 is 1.81 bits per heavy atom. The first-order valence-electron chi connectivity index (χ1n) is 7.38. The number of hydrogen-bond acceptors (Lipinski definition) is 3. The monoisotopic (exact) mass is 288 g/mol. The summed E-state index contributed by atoms with van der Waals surface area (Å²) in [7, 11) is 0. The van der Waals surface area contributed by atoms with E-state index in [0.717, 1.165) is 25.9 Å². The van der Waals surface area contributed by atoms with Gasteiger partial charge in [0.15, 0.2) is 0 Å². The molecule has 1 heterocycles. The number of amides is 1. The summed E-state index contributed by atoms with van der Waals surface area (Å²) in [5.74, 6) is -0.0107. The van der Waals surface area contributed by atoms with E-state index in [4.69, 9.17) is 0 Å². The van der Waals surface area contributed by atoms with Crippen molar-refractivity contribution in [2.24, 2.45) is 0 Å². The maximum atomic E-state index is 12.2. The molecule has 0 bridgehead atoms. The van der Waals surface area contributed by atoms with Crippen LogP contribution in [-0.2, 0) is 4.79 Å². The molecule has 0 spiro atoms. The Balaban J connectivity index is 2.00. The van der Waals surface area contributed by atoms with E-state index in [1.807, 2.05) is 4.90 Å². The van der Waals surface area contributed by atoms with Gasteiger partial charge in [0.25, 0.3) is 5.69 Å². The van der Waals surface area contributed by atoms with Gasteiger partial charge < -0.3 is 4.90 Å². The molecule has 1 aromatic carbocycles. The molecule has 5 heteroatoms. The van der Waals surface area contributed by atoms with Gasteiger partial charge in [-0.1, -0.05) is 31.4 Å². The van der Waals surface area contributed by atoms with Gasteiger partial charge in [0.05, 0.1) is 4.92 Å². The largest absolute Gasteiger partial charge is 0.339 e. The minimum absolute atomic E-state index is 0.0107. The second-order valence-corrected chi connectivity index (χ2v) is 5.28. The van der Waals surface area contributed by atoms with Crippen LogP contribution in [0.4, 0.5) is 5.69 Å². The molecule has 1 saturated heterocycles. The number of nitrogens with zero attached hydrogens (tertiary/aromatic N) is 2. The Labute approximate surface area is 124 Å². The molecule has 0 N–H and O–H groups in total. The van der Waals surface area contributed by atoms with Gasteiger partial charge in [-0.25, -0.2) is 0 Å². The standard InChI is InChI=1S/C16H20N2O3/c19-16(17-11-4-2-1-3-5-12-17)10-9-14-7-6-8-15(13-14)18(20)21/h6-10,13H,1-5,11-12H2/b10-9+. The lowest BCUT2D eigenvalue weighted by Crippen LogP contribution is -2.32. The second-order valence-electron chi connectivity index (χ2n) is 5.28. The number of nitro benzene ring substituents is 1. The number of nitro groups is 1. The summed E-state index contributed by atoms with van der Waals surface area (Å²) < 4.78 is 0. The third-order valence-electron chi connectivity index (χ3n) is 3.67. The van der Waals surface area contributed by atoms with Crippen LogP contribution >= 0.6 is 0 Å². The van der Waals surface area contributed by atoms with Crippen molar-refractivity contribution in [2.75, 3.05) is 13.1 Å². The van der Waals surface area contributed by atoms with Crippen molar-refractivity contribution < 1.29 is 9.72 Å². The number of rotatable bonds is 3. The summed E-state index contributed by atoms with van der Waals surface area (Å²) in [6, 6.07) is 6.29. The van der Waals surface area contributed by atoms with Gasteiger partial charge >= 0.3 is 0 Å². The van der Waals surface area contributed by atoms with Crippen LogP contribution in [0.1, 0.15) is 37.7 Å². The van der Waals surface area contributed by atoms with E-state index in [-0.39, 0.29) is 11.6 Å². The lowest BCUT2D eigenvalue weighted by molar-refractivity contribution is -0.384. The third kappa shape index (κ3) is 4.70. The number of carbonyl (C=O) groups is 1. The molecule has 0 saturated carbocycles. The SMILES string of the molecule is O=C(/C=C/c1cccc([N+](=O)[O-])c1)N1CCCCCCC1. The smallest absolute Gasteiger partial charge is 0.270 e. The van der Waals surface area contributed by atoms with Crippen LogP contribution in [0.5, 0.6) is 0 Å². The molecule has 21 heavy (non-hydrogen) atoms. The molecule has 0 unspecified atom stereocenters. The number of hydrogen-bond donors (Lipinski definition) is 0. The van der Waals surface area contributed by atoms with Gasteiger partial charge in [-0.2, -0.15) is 0 Å². The van der Waals surface area contributed by atoms with Crippen LogP contribution < -0.4 is 0 Å². The van der Waals surface area contributed by atoms with Crippen molar-refractivity contribution in [3.63, 3.8) is 0 Å². The van der Waals surface area contributed by atoms with E-state index >= 15 is 0 Å². The quantitative estimate of drug-likeness (QED) is 0.486. The Bertz CT molecular complexity index is 532. The fourth-order valence-corrected chi connectivity index (χ4v) is 2.48. The highest BCUT2D eigenvalue weighted by atomic mass is 16.6. The van der Waals surface area contributed by atoms with E-state index in [0.29, 0.717) is 5.56 Å². The molecule has 1 aromatic rings. The minimum atomic E-state index is -0.433. The van der Waals surface area contributed by atoms with Crippen molar-refractivity contribution in [1.29, 1.82) is 0 Å². The predicted molar refractivity (Wildman–Crippen MR) is 81.8 cm³/mol. The van der Waals surface area contributed by atoms with E-state index in [1.165, 1.54) is 37.5 Å². The van der Waals surface area contributed by atoms with Gasteiger partial charge in [-0.3, -0.25) is 14.9 Å². The molecule has 5 nitrogen and oxygen atoms in total. The van der Waals surface area contributed by atoms with Crippen LogP contribution in [-0.4, -0.2) is 28.8 Å². The van der Waals surface area contributed by atoms with Crippen molar-refractivity contribution >= 4 is 17.7 Å². The lowest BCUT2D eigenvalue weighted by atomic mass is 10.1. The average Bonchev–Trinajstić information content (AvgIpc) is 2.44. The Hall–Kier alpha value is -2.17. The summed E-state index contributed by atoms with van der Waals surface area (Å²) in [5.41, 5.74) is 0.709. The van der Waals surface area contributed by atoms with Gasteiger partial charge in [-0.05, 0) is 24.5 Å². The number of benzene rings is 1. The zero-order valence-electron chi connectivity index (χ0n) is 12.0. The van der Waals surface area contributed by atoms with E-state index in [9.17, 15) is 14.9 Å². The highest BCUT2D eigenvalue weighted by Gasteiger charge is 2.12. The number of non-ortho nitro benzene ring substituents is 1. The molecule has 1 fully saturated rings. The molecule has 0 aliphatic carbocycles. The summed E-state index contributed by atoms with van der Waals surface area (Å²) >= 11 is 0. The summed E-state index contributed by atoms with van der Waals surface area (Å²) in [6.45, 7) is 1.61. The van der Waals surface area contributed by atoms with Crippen LogP contribution in [0.2, 0.25) is 0 Å². The van der Waals surface area contributed by atoms with Gasteiger partial charge in [0.1, 0.15) is 0 Å². The van der Waals surface area contributed by atoms with E-state index in [1.54, 1.807) is 18.2 Å². The highest BCUT2D eigenvalue weighted by molar-refractivity contribution is 5.91. The van der Waals surface area contributed by atoms with Crippen molar-refractivity contribution in [3.05, 3.63) is 46.0 Å². The molecule has 112 valence electrons. The van der Waals surface area contributed by atoms with Crippen LogP contribution in [0.25, 0.3) is 6.08 Å². The van der Waals surface area contributed by atoms with Crippen LogP contribution in [0.15, 0.2) is 30.3 Å². The first-order valence-corrected chi connectivity index (χ1v) is 7.38. The predicted octanol–water partition coefficient (Wildman–Crippen LogP) is 3.40.